The molecule has 23 heavy (non-hydrogen) atoms. The second-order valence-corrected chi connectivity index (χ2v) is 15.0. The SMILES string of the molecule is C=CCOCC1CN(CCC(OC)[SiH](C)C)CCC[Si](C)(C)O1. The van der Waals surface area contributed by atoms with Gasteiger partial charge in [-0.25, -0.2) is 0 Å². The first-order valence-electron chi connectivity index (χ1n) is 8.99. The fourth-order valence-corrected chi connectivity index (χ4v) is 6.79. The predicted molar refractivity (Wildman–Crippen MR) is 104 cm³/mol. The van der Waals surface area contributed by atoms with Crippen LogP contribution in [-0.4, -0.2) is 73.8 Å². The third kappa shape index (κ3) is 8.60. The van der Waals surface area contributed by atoms with E-state index < -0.39 is 17.1 Å². The molecule has 0 radical (unpaired) electrons. The van der Waals surface area contributed by atoms with Gasteiger partial charge < -0.3 is 18.8 Å². The first-order chi connectivity index (χ1) is 10.9. The number of hydrogen-bond donors (Lipinski definition) is 0. The Morgan fingerprint density at radius 2 is 2.17 bits per heavy atom. The maximum Gasteiger partial charge on any atom is 0.187 e. The van der Waals surface area contributed by atoms with Crippen molar-refractivity contribution in [3.63, 3.8) is 0 Å². The van der Waals surface area contributed by atoms with E-state index in [2.05, 4.69) is 37.7 Å². The van der Waals surface area contributed by atoms with Crippen molar-refractivity contribution >= 4 is 17.1 Å². The number of nitrogens with zero attached hydrogens (tertiary/aromatic N) is 1. The summed E-state index contributed by atoms with van der Waals surface area (Å²) in [6.07, 6.45) is 4.38. The van der Waals surface area contributed by atoms with Gasteiger partial charge in [0.1, 0.15) is 0 Å². The van der Waals surface area contributed by atoms with E-state index in [1.54, 1.807) is 6.08 Å². The molecule has 2 atom stereocenters. The maximum atomic E-state index is 6.45. The van der Waals surface area contributed by atoms with Crippen LogP contribution < -0.4 is 0 Å². The lowest BCUT2D eigenvalue weighted by Gasteiger charge is -2.37. The van der Waals surface area contributed by atoms with Crippen molar-refractivity contribution in [1.29, 1.82) is 0 Å². The van der Waals surface area contributed by atoms with Gasteiger partial charge in [0.15, 0.2) is 8.32 Å². The molecule has 1 fully saturated rings. The van der Waals surface area contributed by atoms with Gasteiger partial charge in [0.2, 0.25) is 0 Å². The normalized spacial score (nSPS) is 24.2. The summed E-state index contributed by atoms with van der Waals surface area (Å²) in [6, 6.07) is 1.23. The van der Waals surface area contributed by atoms with Gasteiger partial charge in [-0.1, -0.05) is 19.2 Å². The van der Waals surface area contributed by atoms with Crippen molar-refractivity contribution in [2.45, 2.75) is 56.9 Å². The first kappa shape index (κ1) is 21.1. The second-order valence-electron chi connectivity index (χ2n) is 7.54. The van der Waals surface area contributed by atoms with Gasteiger partial charge in [-0.05, 0) is 38.5 Å². The highest BCUT2D eigenvalue weighted by molar-refractivity contribution is 6.71. The molecule has 0 bridgehead atoms. The Kier molecular flexibility index (Phi) is 9.88. The lowest BCUT2D eigenvalue weighted by atomic mass is 10.3. The summed E-state index contributed by atoms with van der Waals surface area (Å²) >= 11 is 0. The third-order valence-electron chi connectivity index (χ3n) is 4.52. The molecule has 0 spiro atoms. The van der Waals surface area contributed by atoms with Crippen molar-refractivity contribution < 1.29 is 13.9 Å². The zero-order chi connectivity index (χ0) is 17.3. The number of rotatable bonds is 9. The molecule has 0 aliphatic carbocycles. The Hall–Kier alpha value is 0.0138. The Labute approximate surface area is 145 Å². The van der Waals surface area contributed by atoms with E-state index >= 15 is 0 Å². The molecular weight excluding hydrogens is 322 g/mol. The predicted octanol–water partition coefficient (Wildman–Crippen LogP) is 2.92. The van der Waals surface area contributed by atoms with E-state index in [0.717, 1.165) is 19.5 Å². The summed E-state index contributed by atoms with van der Waals surface area (Å²) < 4.78 is 17.8. The van der Waals surface area contributed by atoms with E-state index in [1.807, 2.05) is 7.11 Å². The molecule has 0 saturated carbocycles. The average molecular weight is 360 g/mol. The van der Waals surface area contributed by atoms with Gasteiger partial charge in [0, 0.05) is 25.9 Å². The highest BCUT2D eigenvalue weighted by Crippen LogP contribution is 2.21. The molecule has 0 amide bonds. The minimum atomic E-state index is -1.55. The highest BCUT2D eigenvalue weighted by atomic mass is 28.4. The van der Waals surface area contributed by atoms with Gasteiger partial charge in [0.05, 0.1) is 28.1 Å². The van der Waals surface area contributed by atoms with Crippen LogP contribution in [0.15, 0.2) is 12.7 Å². The van der Waals surface area contributed by atoms with E-state index in [4.69, 9.17) is 13.9 Å². The first-order valence-corrected chi connectivity index (χ1v) is 15.1. The van der Waals surface area contributed by atoms with Crippen LogP contribution in [0.2, 0.25) is 32.2 Å². The quantitative estimate of drug-likeness (QED) is 0.360. The fraction of sp³-hybridized carbons (Fsp3) is 0.882. The molecule has 4 nitrogen and oxygen atoms in total. The van der Waals surface area contributed by atoms with Gasteiger partial charge >= 0.3 is 0 Å². The standard InChI is InChI=1S/C17H37NO3Si2/c1-7-12-20-15-16-14-18(10-8-13-23(5,6)21-16)11-9-17(19-2)22(3)4/h7,16-17,22H,1,8-15H2,2-6H3. The number of methoxy groups -OCH3 is 1. The fourth-order valence-electron chi connectivity index (χ4n) is 3.26. The van der Waals surface area contributed by atoms with E-state index in [-0.39, 0.29) is 6.10 Å². The van der Waals surface area contributed by atoms with Gasteiger partial charge in [-0.3, -0.25) is 0 Å². The van der Waals surface area contributed by atoms with E-state index in [0.29, 0.717) is 18.9 Å². The summed E-state index contributed by atoms with van der Waals surface area (Å²) in [7, 11) is -0.437. The summed E-state index contributed by atoms with van der Waals surface area (Å²) in [5.41, 5.74) is 0.475. The Morgan fingerprint density at radius 1 is 1.43 bits per heavy atom. The molecule has 136 valence electrons. The van der Waals surface area contributed by atoms with Crippen molar-refractivity contribution in [2.75, 3.05) is 40.0 Å². The smallest absolute Gasteiger partial charge is 0.187 e. The van der Waals surface area contributed by atoms with E-state index in [9.17, 15) is 0 Å². The second kappa shape index (κ2) is 10.8. The largest absolute Gasteiger partial charge is 0.411 e. The molecule has 1 aliphatic heterocycles. The molecule has 0 aromatic carbocycles. The van der Waals surface area contributed by atoms with Crippen LogP contribution in [0.5, 0.6) is 0 Å². The summed E-state index contributed by atoms with van der Waals surface area (Å²) in [5.74, 6) is 0. The zero-order valence-electron chi connectivity index (χ0n) is 15.8. The molecule has 1 rings (SSSR count). The summed E-state index contributed by atoms with van der Waals surface area (Å²) in [6.45, 7) is 17.6. The van der Waals surface area contributed by atoms with Gasteiger partial charge in [-0.15, -0.1) is 6.58 Å². The molecule has 0 aromatic heterocycles. The average Bonchev–Trinajstić information content (AvgIpc) is 2.45. The lowest BCUT2D eigenvalue weighted by molar-refractivity contribution is 0.0282. The zero-order valence-corrected chi connectivity index (χ0v) is 18.0. The number of hydrogen-bond acceptors (Lipinski definition) is 4. The molecule has 2 unspecified atom stereocenters. The van der Waals surface area contributed by atoms with Crippen molar-refractivity contribution in [2.24, 2.45) is 0 Å². The Morgan fingerprint density at radius 3 is 2.78 bits per heavy atom. The van der Waals surface area contributed by atoms with Crippen LogP contribution >= 0.6 is 0 Å². The van der Waals surface area contributed by atoms with Crippen molar-refractivity contribution in [3.8, 4) is 0 Å². The minimum Gasteiger partial charge on any atom is -0.411 e. The van der Waals surface area contributed by atoms with Crippen LogP contribution in [0, 0.1) is 0 Å². The van der Waals surface area contributed by atoms with Gasteiger partial charge in [0.25, 0.3) is 0 Å². The molecule has 0 aromatic rings. The highest BCUT2D eigenvalue weighted by Gasteiger charge is 2.30. The molecule has 0 N–H and O–H groups in total. The number of ether oxygens (including phenoxy) is 2. The van der Waals surface area contributed by atoms with Crippen LogP contribution in [0.1, 0.15) is 12.8 Å². The minimum absolute atomic E-state index is 0.189. The van der Waals surface area contributed by atoms with E-state index in [1.165, 1.54) is 19.0 Å². The maximum absolute atomic E-state index is 6.45. The van der Waals surface area contributed by atoms with Crippen LogP contribution in [0.25, 0.3) is 0 Å². The lowest BCUT2D eigenvalue weighted by Crippen LogP contribution is -2.47. The van der Waals surface area contributed by atoms with Crippen LogP contribution in [-0.2, 0) is 13.9 Å². The molecular formula is C17H37NO3Si2. The van der Waals surface area contributed by atoms with Crippen molar-refractivity contribution in [1.82, 2.24) is 4.90 Å². The monoisotopic (exact) mass is 359 g/mol. The Bertz CT molecular complexity index is 340. The van der Waals surface area contributed by atoms with Crippen molar-refractivity contribution in [3.05, 3.63) is 12.7 Å². The van der Waals surface area contributed by atoms with Gasteiger partial charge in [-0.2, -0.15) is 0 Å². The summed E-state index contributed by atoms with van der Waals surface area (Å²) in [4.78, 5) is 2.55. The molecule has 1 heterocycles. The molecule has 1 saturated heterocycles. The molecule has 1 aliphatic rings. The summed E-state index contributed by atoms with van der Waals surface area (Å²) in [5, 5.41) is 0. The van der Waals surface area contributed by atoms with Crippen LogP contribution in [0.4, 0.5) is 0 Å². The Balaban J connectivity index is 2.56. The topological polar surface area (TPSA) is 30.9 Å². The third-order valence-corrected chi connectivity index (χ3v) is 9.14. The molecule has 6 heteroatoms. The van der Waals surface area contributed by atoms with Crippen LogP contribution in [0.3, 0.4) is 0 Å².